The summed E-state index contributed by atoms with van der Waals surface area (Å²) in [7, 11) is 0. The molecule has 2 atom stereocenters. The first-order chi connectivity index (χ1) is 14.0. The minimum atomic E-state index is -0.755. The molecule has 172 valence electrons. The van der Waals surface area contributed by atoms with Crippen molar-refractivity contribution in [1.29, 1.82) is 0 Å². The van der Waals surface area contributed by atoms with Gasteiger partial charge in [0.05, 0.1) is 12.6 Å². The summed E-state index contributed by atoms with van der Waals surface area (Å²) in [5.41, 5.74) is -0.178. The van der Waals surface area contributed by atoms with E-state index in [0.29, 0.717) is 13.0 Å². The Hall–Kier alpha value is -1.92. The molecular formula is C23H40N2O5. The van der Waals surface area contributed by atoms with E-state index >= 15 is 0 Å². The number of carbonyl (C=O) groups excluding carboxylic acids is 4. The van der Waals surface area contributed by atoms with Crippen LogP contribution in [-0.2, 0) is 19.1 Å². The van der Waals surface area contributed by atoms with Gasteiger partial charge in [-0.2, -0.15) is 0 Å². The molecule has 1 heterocycles. The number of ether oxygens (including phenoxy) is 1. The maximum atomic E-state index is 13.0. The van der Waals surface area contributed by atoms with Gasteiger partial charge in [-0.1, -0.05) is 66.7 Å². The van der Waals surface area contributed by atoms with E-state index in [0.717, 1.165) is 38.5 Å². The number of amides is 2. The van der Waals surface area contributed by atoms with Gasteiger partial charge in [-0.15, -0.1) is 0 Å². The number of carbonyl (C=O) groups is 4. The topological polar surface area (TPSA) is 102 Å². The van der Waals surface area contributed by atoms with Crippen molar-refractivity contribution >= 4 is 23.6 Å². The molecule has 0 bridgehead atoms. The minimum absolute atomic E-state index is 0.0470. The van der Waals surface area contributed by atoms with Gasteiger partial charge in [-0.05, 0) is 24.2 Å². The Bertz CT molecular complexity index is 595. The van der Waals surface area contributed by atoms with Gasteiger partial charge in [-0.25, -0.2) is 4.79 Å². The average molecular weight is 425 g/mol. The third-order valence-electron chi connectivity index (χ3n) is 5.23. The van der Waals surface area contributed by atoms with E-state index in [4.69, 9.17) is 4.74 Å². The zero-order chi connectivity index (χ0) is 22.7. The van der Waals surface area contributed by atoms with Crippen molar-refractivity contribution in [3.05, 3.63) is 0 Å². The Kier molecular flexibility index (Phi) is 11.1. The predicted molar refractivity (Wildman–Crippen MR) is 116 cm³/mol. The number of alkyl carbamates (subject to hydrolysis) is 1. The Morgan fingerprint density at radius 1 is 1.07 bits per heavy atom. The van der Waals surface area contributed by atoms with E-state index in [2.05, 4.69) is 10.6 Å². The smallest absolute Gasteiger partial charge is 0.407 e. The molecule has 1 aliphatic rings. The second kappa shape index (κ2) is 12.7. The van der Waals surface area contributed by atoms with Crippen LogP contribution in [0.4, 0.5) is 4.79 Å². The highest BCUT2D eigenvalue weighted by Crippen LogP contribution is 2.20. The first-order valence-electron chi connectivity index (χ1n) is 11.3. The van der Waals surface area contributed by atoms with Crippen molar-refractivity contribution in [3.63, 3.8) is 0 Å². The molecule has 1 saturated heterocycles. The lowest BCUT2D eigenvalue weighted by Crippen LogP contribution is -2.46. The largest absolute Gasteiger partial charge is 0.449 e. The first-order valence-corrected chi connectivity index (χ1v) is 11.3. The van der Waals surface area contributed by atoms with Crippen LogP contribution in [0.25, 0.3) is 0 Å². The van der Waals surface area contributed by atoms with Crippen molar-refractivity contribution in [3.8, 4) is 0 Å². The summed E-state index contributed by atoms with van der Waals surface area (Å²) in [5, 5.41) is 5.33. The van der Waals surface area contributed by atoms with Crippen LogP contribution in [-0.4, -0.2) is 42.8 Å². The first kappa shape index (κ1) is 26.1. The molecule has 0 radical (unpaired) electrons. The fourth-order valence-corrected chi connectivity index (χ4v) is 3.46. The summed E-state index contributed by atoms with van der Waals surface area (Å²) in [6.45, 7) is 10.2. The maximum Gasteiger partial charge on any atom is 0.407 e. The Morgan fingerprint density at radius 3 is 2.27 bits per heavy atom. The maximum absolute atomic E-state index is 13.0. The lowest BCUT2D eigenvalue weighted by molar-refractivity contribution is -0.141. The summed E-state index contributed by atoms with van der Waals surface area (Å²) < 4.78 is 5.22. The molecule has 0 aromatic rings. The van der Waals surface area contributed by atoms with Gasteiger partial charge in [0.15, 0.2) is 5.78 Å². The van der Waals surface area contributed by atoms with Gasteiger partial charge in [0.1, 0.15) is 0 Å². The molecule has 2 unspecified atom stereocenters. The minimum Gasteiger partial charge on any atom is -0.449 e. The Labute approximate surface area is 181 Å². The number of Topliss-reactive ketones (excluding diaryl/α,β-unsaturated/α-hetero) is 2. The van der Waals surface area contributed by atoms with Crippen molar-refractivity contribution in [2.75, 3.05) is 13.2 Å². The second-order valence-corrected chi connectivity index (χ2v) is 9.90. The van der Waals surface area contributed by atoms with E-state index in [1.165, 1.54) is 0 Å². The fourth-order valence-electron chi connectivity index (χ4n) is 3.46. The SMILES string of the molecule is CC(C)C(NC(=O)OCC(C)(C)C)C(=O)CC1CCCCCCCCNC(=O)C1=O. The summed E-state index contributed by atoms with van der Waals surface area (Å²) in [4.78, 5) is 50.0. The van der Waals surface area contributed by atoms with E-state index in [1.807, 2.05) is 34.6 Å². The molecule has 2 amide bonds. The van der Waals surface area contributed by atoms with Crippen LogP contribution in [0.15, 0.2) is 0 Å². The van der Waals surface area contributed by atoms with Gasteiger partial charge in [0.25, 0.3) is 5.91 Å². The highest BCUT2D eigenvalue weighted by Gasteiger charge is 2.32. The molecule has 0 saturated carbocycles. The van der Waals surface area contributed by atoms with E-state index < -0.39 is 29.7 Å². The van der Waals surface area contributed by atoms with Crippen molar-refractivity contribution < 1.29 is 23.9 Å². The molecule has 1 aliphatic heterocycles. The summed E-state index contributed by atoms with van der Waals surface area (Å²) in [6, 6.07) is -0.755. The molecule has 7 heteroatoms. The molecule has 0 aliphatic carbocycles. The van der Waals surface area contributed by atoms with Crippen LogP contribution in [0, 0.1) is 17.3 Å². The number of hydrogen-bond acceptors (Lipinski definition) is 5. The molecule has 1 rings (SSSR count). The highest BCUT2D eigenvalue weighted by atomic mass is 16.5. The van der Waals surface area contributed by atoms with Gasteiger partial charge in [-0.3, -0.25) is 14.4 Å². The van der Waals surface area contributed by atoms with E-state index in [9.17, 15) is 19.2 Å². The lowest BCUT2D eigenvalue weighted by atomic mass is 9.86. The predicted octanol–water partition coefficient (Wildman–Crippen LogP) is 3.79. The van der Waals surface area contributed by atoms with Crippen molar-refractivity contribution in [2.24, 2.45) is 17.3 Å². The standard InChI is InChI=1S/C23H40N2O5/c1-16(2)19(25-22(29)30-15-23(3,4)5)18(26)14-17-12-10-8-6-7-9-11-13-24-21(28)20(17)27/h16-17,19H,6-15H2,1-5H3,(H,24,28)(H,25,29). The average Bonchev–Trinajstić information content (AvgIpc) is 2.65. The Balaban J connectivity index is 2.78. The third-order valence-corrected chi connectivity index (χ3v) is 5.23. The zero-order valence-corrected chi connectivity index (χ0v) is 19.3. The van der Waals surface area contributed by atoms with Gasteiger partial charge < -0.3 is 15.4 Å². The highest BCUT2D eigenvalue weighted by molar-refractivity contribution is 6.37. The number of ketones is 2. The van der Waals surface area contributed by atoms with Crippen LogP contribution < -0.4 is 10.6 Å². The van der Waals surface area contributed by atoms with Crippen LogP contribution >= 0.6 is 0 Å². The van der Waals surface area contributed by atoms with Crippen molar-refractivity contribution in [2.45, 2.75) is 92.0 Å². The molecule has 0 spiro atoms. The monoisotopic (exact) mass is 424 g/mol. The molecule has 30 heavy (non-hydrogen) atoms. The Morgan fingerprint density at radius 2 is 1.67 bits per heavy atom. The van der Waals surface area contributed by atoms with Gasteiger partial charge in [0, 0.05) is 18.9 Å². The number of nitrogens with one attached hydrogen (secondary N) is 2. The lowest BCUT2D eigenvalue weighted by Gasteiger charge is -2.24. The zero-order valence-electron chi connectivity index (χ0n) is 19.3. The fraction of sp³-hybridized carbons (Fsp3) is 0.826. The van der Waals surface area contributed by atoms with Crippen LogP contribution in [0.1, 0.15) is 86.0 Å². The van der Waals surface area contributed by atoms with E-state index in [1.54, 1.807) is 0 Å². The normalized spacial score (nSPS) is 20.5. The van der Waals surface area contributed by atoms with Crippen LogP contribution in [0.5, 0.6) is 0 Å². The van der Waals surface area contributed by atoms with Gasteiger partial charge in [0.2, 0.25) is 5.78 Å². The molecule has 0 aromatic carbocycles. The summed E-state index contributed by atoms with van der Waals surface area (Å²) >= 11 is 0. The van der Waals surface area contributed by atoms with Crippen LogP contribution in [0.3, 0.4) is 0 Å². The summed E-state index contributed by atoms with van der Waals surface area (Å²) in [6.07, 6.45) is 5.74. The quantitative estimate of drug-likeness (QED) is 0.632. The molecule has 7 nitrogen and oxygen atoms in total. The number of hydrogen-bond donors (Lipinski definition) is 2. The van der Waals surface area contributed by atoms with Crippen LogP contribution in [0.2, 0.25) is 0 Å². The number of rotatable bonds is 6. The summed E-state index contributed by atoms with van der Waals surface area (Å²) in [5.74, 6) is -2.18. The molecule has 0 aromatic heterocycles. The third kappa shape index (κ3) is 10.2. The second-order valence-electron chi connectivity index (χ2n) is 9.90. The van der Waals surface area contributed by atoms with E-state index in [-0.39, 0.29) is 30.1 Å². The molecule has 1 fully saturated rings. The molecular weight excluding hydrogens is 384 g/mol. The van der Waals surface area contributed by atoms with Crippen molar-refractivity contribution in [1.82, 2.24) is 10.6 Å². The molecule has 2 N–H and O–H groups in total. The van der Waals surface area contributed by atoms with Gasteiger partial charge >= 0.3 is 6.09 Å².